The van der Waals surface area contributed by atoms with Gasteiger partial charge in [0.25, 0.3) is 0 Å². The van der Waals surface area contributed by atoms with E-state index in [0.717, 1.165) is 4.47 Å². The first-order valence-electron chi connectivity index (χ1n) is 5.16. The van der Waals surface area contributed by atoms with E-state index in [-0.39, 0.29) is 6.04 Å². The van der Waals surface area contributed by atoms with Gasteiger partial charge in [-0.1, -0.05) is 15.9 Å². The lowest BCUT2D eigenvalue weighted by atomic mass is 10.1. The molecule has 0 saturated carbocycles. The van der Waals surface area contributed by atoms with Crippen molar-refractivity contribution in [1.29, 1.82) is 0 Å². The van der Waals surface area contributed by atoms with Crippen molar-refractivity contribution in [1.82, 2.24) is 0 Å². The van der Waals surface area contributed by atoms with Crippen LogP contribution >= 0.6 is 15.9 Å². The van der Waals surface area contributed by atoms with E-state index in [0.29, 0.717) is 16.8 Å². The van der Waals surface area contributed by atoms with Gasteiger partial charge in [0.05, 0.1) is 18.4 Å². The monoisotopic (exact) mass is 298 g/mol. The van der Waals surface area contributed by atoms with E-state index >= 15 is 0 Å². The summed E-state index contributed by atoms with van der Waals surface area (Å²) in [6, 6.07) is 3.55. The van der Waals surface area contributed by atoms with Gasteiger partial charge in [-0.2, -0.15) is 0 Å². The molecular weight excluding hydrogens is 284 g/mol. The summed E-state index contributed by atoms with van der Waals surface area (Å²) in [5.41, 5.74) is 7.34. The van der Waals surface area contributed by atoms with Gasteiger partial charge in [0.1, 0.15) is 0 Å². The van der Waals surface area contributed by atoms with Crippen LogP contribution in [0.5, 0.6) is 0 Å². The minimum Gasteiger partial charge on any atom is -0.465 e. The number of carbonyl (C=O) groups is 1. The smallest absolute Gasteiger partial charge is 0.339 e. The molecule has 0 atom stereocenters. The number of benzene rings is 1. The fourth-order valence-electron chi connectivity index (χ4n) is 1.25. The zero-order valence-electron chi connectivity index (χ0n) is 10.0. The number of nitrogen functional groups attached to an aromatic ring is 1. The number of esters is 1. The molecule has 0 aliphatic carbocycles. The number of rotatable bonds is 3. The fourth-order valence-corrected chi connectivity index (χ4v) is 1.70. The van der Waals surface area contributed by atoms with E-state index in [1.165, 1.54) is 7.11 Å². The molecule has 1 aromatic carbocycles. The molecule has 1 rings (SSSR count). The molecule has 0 aliphatic heterocycles. The molecule has 4 nitrogen and oxygen atoms in total. The van der Waals surface area contributed by atoms with Gasteiger partial charge in [-0.05, 0) is 26.0 Å². The molecule has 0 aromatic heterocycles. The molecular formula is C12H15BrN2O2. The molecule has 0 heterocycles. The number of aliphatic imine (C=N–C) groups is 1. The highest BCUT2D eigenvalue weighted by molar-refractivity contribution is 9.10. The van der Waals surface area contributed by atoms with Crippen molar-refractivity contribution in [3.63, 3.8) is 0 Å². The lowest BCUT2D eigenvalue weighted by Crippen LogP contribution is -2.08. The Morgan fingerprint density at radius 3 is 2.71 bits per heavy atom. The third-order valence-corrected chi connectivity index (χ3v) is 2.83. The van der Waals surface area contributed by atoms with Crippen LogP contribution in [0.1, 0.15) is 29.8 Å². The quantitative estimate of drug-likeness (QED) is 0.530. The van der Waals surface area contributed by atoms with E-state index in [1.807, 2.05) is 13.8 Å². The highest BCUT2D eigenvalue weighted by Crippen LogP contribution is 2.25. The third kappa shape index (κ3) is 3.30. The van der Waals surface area contributed by atoms with Crippen LogP contribution < -0.4 is 5.73 Å². The number of nitrogens with zero attached hydrogens (tertiary/aromatic N) is 1. The van der Waals surface area contributed by atoms with Crippen molar-refractivity contribution in [3.8, 4) is 0 Å². The lowest BCUT2D eigenvalue weighted by molar-refractivity contribution is 0.0602. The van der Waals surface area contributed by atoms with Crippen molar-refractivity contribution in [2.24, 2.45) is 4.99 Å². The topological polar surface area (TPSA) is 64.7 Å². The Kier molecular flexibility index (Phi) is 4.69. The summed E-state index contributed by atoms with van der Waals surface area (Å²) in [6.07, 6.45) is 1.66. The predicted octanol–water partition coefficient (Wildman–Crippen LogP) is 2.65. The van der Waals surface area contributed by atoms with E-state index in [9.17, 15) is 4.79 Å². The van der Waals surface area contributed by atoms with Gasteiger partial charge >= 0.3 is 5.97 Å². The van der Waals surface area contributed by atoms with E-state index in [1.54, 1.807) is 18.3 Å². The maximum absolute atomic E-state index is 11.5. The number of hydrogen-bond acceptors (Lipinski definition) is 4. The summed E-state index contributed by atoms with van der Waals surface area (Å²) in [5, 5.41) is 0. The summed E-state index contributed by atoms with van der Waals surface area (Å²) in [6.45, 7) is 3.93. The number of hydrogen-bond donors (Lipinski definition) is 1. The molecule has 5 heteroatoms. The molecule has 17 heavy (non-hydrogen) atoms. The van der Waals surface area contributed by atoms with Gasteiger partial charge in [0.2, 0.25) is 0 Å². The van der Waals surface area contributed by atoms with Crippen LogP contribution in [0.15, 0.2) is 21.6 Å². The lowest BCUT2D eigenvalue weighted by Gasteiger charge is -2.08. The molecule has 2 N–H and O–H groups in total. The molecule has 0 fully saturated rings. The van der Waals surface area contributed by atoms with Crippen molar-refractivity contribution in [2.45, 2.75) is 19.9 Å². The van der Waals surface area contributed by atoms with Crippen LogP contribution in [-0.2, 0) is 4.74 Å². The Balaban J connectivity index is 3.25. The third-order valence-electron chi connectivity index (χ3n) is 2.14. The van der Waals surface area contributed by atoms with Gasteiger partial charge in [-0.3, -0.25) is 4.99 Å². The molecule has 0 unspecified atom stereocenters. The number of anilines is 1. The van der Waals surface area contributed by atoms with Gasteiger partial charge in [-0.15, -0.1) is 0 Å². The van der Waals surface area contributed by atoms with Crippen LogP contribution in [0.4, 0.5) is 5.69 Å². The van der Waals surface area contributed by atoms with Crippen LogP contribution in [0.25, 0.3) is 0 Å². The predicted molar refractivity (Wildman–Crippen MR) is 72.6 cm³/mol. The second-order valence-corrected chi connectivity index (χ2v) is 4.64. The van der Waals surface area contributed by atoms with Crippen LogP contribution in [0.3, 0.4) is 0 Å². The largest absolute Gasteiger partial charge is 0.465 e. The first kappa shape index (κ1) is 13.7. The highest BCUT2D eigenvalue weighted by atomic mass is 79.9. The summed E-state index contributed by atoms with van der Waals surface area (Å²) >= 11 is 3.38. The average Bonchev–Trinajstić information content (AvgIpc) is 2.27. The van der Waals surface area contributed by atoms with Crippen molar-refractivity contribution in [3.05, 3.63) is 27.7 Å². The minimum atomic E-state index is -0.450. The zero-order chi connectivity index (χ0) is 13.0. The summed E-state index contributed by atoms with van der Waals surface area (Å²) < 4.78 is 5.46. The number of carbonyl (C=O) groups excluding carboxylic acids is 1. The Hall–Kier alpha value is -1.36. The zero-order valence-corrected chi connectivity index (χ0v) is 11.6. The Bertz CT molecular complexity index is 456. The summed E-state index contributed by atoms with van der Waals surface area (Å²) in [5.74, 6) is -0.450. The molecule has 1 aromatic rings. The Labute approximate surface area is 109 Å². The number of ether oxygens (including phenoxy) is 1. The highest BCUT2D eigenvalue weighted by Gasteiger charge is 2.14. The SMILES string of the molecule is COC(=O)c1ccc(Br)c(C=NC(C)C)c1N. The van der Waals surface area contributed by atoms with Gasteiger partial charge < -0.3 is 10.5 Å². The molecule has 0 radical (unpaired) electrons. The van der Waals surface area contributed by atoms with Crippen molar-refractivity contribution < 1.29 is 9.53 Å². The average molecular weight is 299 g/mol. The number of methoxy groups -OCH3 is 1. The van der Waals surface area contributed by atoms with E-state index < -0.39 is 5.97 Å². The van der Waals surface area contributed by atoms with Crippen molar-refractivity contribution >= 4 is 33.8 Å². The molecule has 0 spiro atoms. The molecule has 92 valence electrons. The van der Waals surface area contributed by atoms with Crippen LogP contribution in [0.2, 0.25) is 0 Å². The van der Waals surface area contributed by atoms with E-state index in [4.69, 9.17) is 5.73 Å². The Morgan fingerprint density at radius 2 is 2.18 bits per heavy atom. The summed E-state index contributed by atoms with van der Waals surface area (Å²) in [7, 11) is 1.33. The second-order valence-electron chi connectivity index (χ2n) is 3.79. The molecule has 0 bridgehead atoms. The van der Waals surface area contributed by atoms with Gasteiger partial charge in [0, 0.05) is 22.3 Å². The first-order valence-corrected chi connectivity index (χ1v) is 5.96. The minimum absolute atomic E-state index is 0.170. The van der Waals surface area contributed by atoms with Crippen LogP contribution in [0, 0.1) is 0 Å². The second kappa shape index (κ2) is 5.82. The molecule has 0 amide bonds. The maximum atomic E-state index is 11.5. The standard InChI is InChI=1S/C12H15BrN2O2/c1-7(2)15-6-9-10(13)5-4-8(11(9)14)12(16)17-3/h4-7H,14H2,1-3H3. The maximum Gasteiger partial charge on any atom is 0.339 e. The molecule has 0 saturated heterocycles. The molecule has 0 aliphatic rings. The first-order chi connectivity index (χ1) is 7.97. The fraction of sp³-hybridized carbons (Fsp3) is 0.333. The number of nitrogens with two attached hydrogens (primary N) is 1. The number of halogens is 1. The summed E-state index contributed by atoms with van der Waals surface area (Å²) in [4.78, 5) is 15.7. The van der Waals surface area contributed by atoms with Crippen molar-refractivity contribution in [2.75, 3.05) is 12.8 Å². The van der Waals surface area contributed by atoms with Gasteiger partial charge in [-0.25, -0.2) is 4.79 Å². The van der Waals surface area contributed by atoms with Crippen LogP contribution in [-0.4, -0.2) is 25.3 Å². The van der Waals surface area contributed by atoms with E-state index in [2.05, 4.69) is 25.7 Å². The van der Waals surface area contributed by atoms with Gasteiger partial charge in [0.15, 0.2) is 0 Å². The normalized spacial score (nSPS) is 11.1. The Morgan fingerprint density at radius 1 is 1.53 bits per heavy atom.